The Kier molecular flexibility index (Phi) is 4.67. The summed E-state index contributed by atoms with van der Waals surface area (Å²) >= 11 is 0. The van der Waals surface area contributed by atoms with Crippen LogP contribution in [0, 0.1) is 13.8 Å². The summed E-state index contributed by atoms with van der Waals surface area (Å²) in [6, 6.07) is 5.39. The van der Waals surface area contributed by atoms with Crippen LogP contribution in [0.25, 0.3) is 0 Å². The average Bonchev–Trinajstić information content (AvgIpc) is 2.28. The molecule has 1 aromatic rings. The molecule has 1 unspecified atom stereocenters. The molecule has 3 N–H and O–H groups in total. The molecule has 19 heavy (non-hydrogen) atoms. The molecule has 1 atom stereocenters. The zero-order valence-electron chi connectivity index (χ0n) is 11.4. The third kappa shape index (κ3) is 4.37. The summed E-state index contributed by atoms with van der Waals surface area (Å²) in [4.78, 5) is 22.5. The normalized spacial score (nSPS) is 13.7. The Hall–Kier alpha value is -1.88. The molecular formula is C14H19NO4. The Labute approximate surface area is 112 Å². The fraction of sp³-hybridized carbons (Fsp3) is 0.429. The van der Waals surface area contributed by atoms with Gasteiger partial charge in [0.15, 0.2) is 0 Å². The first-order valence-corrected chi connectivity index (χ1v) is 6.01. The number of aryl methyl sites for hydroxylation is 1. The number of rotatable bonds is 5. The van der Waals surface area contributed by atoms with Gasteiger partial charge in [-0.15, -0.1) is 0 Å². The first-order chi connectivity index (χ1) is 8.73. The monoisotopic (exact) mass is 265 g/mol. The second-order valence-corrected chi connectivity index (χ2v) is 5.00. The molecule has 0 radical (unpaired) electrons. The van der Waals surface area contributed by atoms with Crippen LogP contribution in [0.1, 0.15) is 34.8 Å². The number of hydrogen-bond acceptors (Lipinski definition) is 3. The smallest absolute Gasteiger partial charge is 0.306 e. The van der Waals surface area contributed by atoms with Gasteiger partial charge in [0.1, 0.15) is 0 Å². The van der Waals surface area contributed by atoms with Gasteiger partial charge in [-0.25, -0.2) is 0 Å². The second kappa shape index (κ2) is 5.84. The molecule has 1 rings (SSSR count). The van der Waals surface area contributed by atoms with Crippen molar-refractivity contribution in [3.8, 4) is 0 Å². The van der Waals surface area contributed by atoms with Crippen LogP contribution in [-0.2, 0) is 4.79 Å². The number of benzene rings is 1. The van der Waals surface area contributed by atoms with E-state index in [2.05, 4.69) is 5.32 Å². The number of hydrogen-bond donors (Lipinski definition) is 3. The molecule has 1 amide bonds. The van der Waals surface area contributed by atoms with Crippen LogP contribution in [0.4, 0.5) is 0 Å². The molecule has 5 heteroatoms. The van der Waals surface area contributed by atoms with Crippen molar-refractivity contribution < 1.29 is 19.8 Å². The van der Waals surface area contributed by atoms with Gasteiger partial charge in [0.05, 0.1) is 12.0 Å². The van der Waals surface area contributed by atoms with Crippen LogP contribution >= 0.6 is 0 Å². The van der Waals surface area contributed by atoms with E-state index < -0.39 is 18.0 Å². The summed E-state index contributed by atoms with van der Waals surface area (Å²) in [6.07, 6.45) is -0.417. The van der Waals surface area contributed by atoms with Crippen LogP contribution in [-0.4, -0.2) is 34.2 Å². The second-order valence-electron chi connectivity index (χ2n) is 5.00. The van der Waals surface area contributed by atoms with E-state index in [1.165, 1.54) is 6.92 Å². The van der Waals surface area contributed by atoms with E-state index in [0.29, 0.717) is 5.56 Å². The Bertz CT molecular complexity index is 494. The van der Waals surface area contributed by atoms with Crippen molar-refractivity contribution >= 4 is 11.9 Å². The highest BCUT2D eigenvalue weighted by Crippen LogP contribution is 2.13. The quantitative estimate of drug-likeness (QED) is 0.748. The van der Waals surface area contributed by atoms with Gasteiger partial charge in [-0.05, 0) is 38.0 Å². The van der Waals surface area contributed by atoms with E-state index in [4.69, 9.17) is 5.11 Å². The van der Waals surface area contributed by atoms with Gasteiger partial charge in [0.25, 0.3) is 5.91 Å². The third-order valence-electron chi connectivity index (χ3n) is 3.01. The minimum Gasteiger partial charge on any atom is -0.481 e. The zero-order valence-corrected chi connectivity index (χ0v) is 11.4. The number of aliphatic carboxylic acids is 1. The Morgan fingerprint density at radius 1 is 1.32 bits per heavy atom. The molecule has 1 aromatic carbocycles. The molecule has 0 heterocycles. The van der Waals surface area contributed by atoms with E-state index in [1.807, 2.05) is 19.9 Å². The topological polar surface area (TPSA) is 86.6 Å². The molecule has 0 aromatic heterocycles. The minimum absolute atomic E-state index is 0.106. The Morgan fingerprint density at radius 2 is 1.95 bits per heavy atom. The predicted molar refractivity (Wildman–Crippen MR) is 71.1 cm³/mol. The molecule has 5 nitrogen and oxygen atoms in total. The highest BCUT2D eigenvalue weighted by molar-refractivity contribution is 5.96. The number of carboxylic acids is 1. The van der Waals surface area contributed by atoms with Crippen molar-refractivity contribution in [1.82, 2.24) is 5.32 Å². The maximum absolute atomic E-state index is 12.0. The first kappa shape index (κ1) is 15.2. The van der Waals surface area contributed by atoms with E-state index in [1.54, 1.807) is 12.1 Å². The molecule has 0 aliphatic carbocycles. The molecule has 0 bridgehead atoms. The standard InChI is InChI=1S/C14H19NO4/c1-9-5-4-6-11(10(9)2)13(18)15-8-14(3,19)7-12(16)17/h4-6,19H,7-8H2,1-3H3,(H,15,18)(H,16,17). The molecule has 0 saturated heterocycles. The molecule has 104 valence electrons. The number of nitrogens with one attached hydrogen (secondary N) is 1. The van der Waals surface area contributed by atoms with E-state index >= 15 is 0 Å². The van der Waals surface area contributed by atoms with Crippen LogP contribution < -0.4 is 5.32 Å². The summed E-state index contributed by atoms with van der Waals surface area (Å²) in [6.45, 7) is 5.03. The fourth-order valence-corrected chi connectivity index (χ4v) is 1.75. The lowest BCUT2D eigenvalue weighted by atomic mass is 10.0. The maximum atomic E-state index is 12.0. The Balaban J connectivity index is 2.71. The maximum Gasteiger partial charge on any atom is 0.306 e. The molecular weight excluding hydrogens is 246 g/mol. The summed E-state index contributed by atoms with van der Waals surface area (Å²) in [5.41, 5.74) is 0.952. The largest absolute Gasteiger partial charge is 0.481 e. The van der Waals surface area contributed by atoms with E-state index in [-0.39, 0.29) is 12.5 Å². The highest BCUT2D eigenvalue weighted by atomic mass is 16.4. The third-order valence-corrected chi connectivity index (χ3v) is 3.01. The van der Waals surface area contributed by atoms with Crippen LogP contribution in [0.15, 0.2) is 18.2 Å². The summed E-state index contributed by atoms with van der Waals surface area (Å²) < 4.78 is 0. The first-order valence-electron chi connectivity index (χ1n) is 6.01. The average molecular weight is 265 g/mol. The van der Waals surface area contributed by atoms with Gasteiger partial charge in [0.2, 0.25) is 0 Å². The van der Waals surface area contributed by atoms with Gasteiger partial charge in [-0.1, -0.05) is 12.1 Å². The van der Waals surface area contributed by atoms with Crippen LogP contribution in [0.2, 0.25) is 0 Å². The van der Waals surface area contributed by atoms with Gasteiger partial charge >= 0.3 is 5.97 Å². The van der Waals surface area contributed by atoms with Crippen molar-refractivity contribution in [2.75, 3.05) is 6.54 Å². The minimum atomic E-state index is -1.46. The SMILES string of the molecule is Cc1cccc(C(=O)NCC(C)(O)CC(=O)O)c1C. The van der Waals surface area contributed by atoms with Crippen molar-refractivity contribution in [1.29, 1.82) is 0 Å². The number of amides is 1. The van der Waals surface area contributed by atoms with Gasteiger partial charge in [-0.3, -0.25) is 9.59 Å². The van der Waals surface area contributed by atoms with E-state index in [0.717, 1.165) is 11.1 Å². The predicted octanol–water partition coefficient (Wildman–Crippen LogP) is 1.26. The Morgan fingerprint density at radius 3 is 2.53 bits per heavy atom. The lowest BCUT2D eigenvalue weighted by Gasteiger charge is -2.21. The summed E-state index contributed by atoms with van der Waals surface area (Å²) in [7, 11) is 0. The number of aliphatic hydroxyl groups is 1. The van der Waals surface area contributed by atoms with Gasteiger partial charge < -0.3 is 15.5 Å². The molecule has 0 aliphatic heterocycles. The van der Waals surface area contributed by atoms with Crippen molar-refractivity contribution in [3.63, 3.8) is 0 Å². The molecule has 0 saturated carbocycles. The molecule has 0 fully saturated rings. The molecule has 0 aliphatic rings. The number of carboxylic acid groups (broad SMARTS) is 1. The van der Waals surface area contributed by atoms with E-state index in [9.17, 15) is 14.7 Å². The zero-order chi connectivity index (χ0) is 14.6. The number of carbonyl (C=O) groups is 2. The highest BCUT2D eigenvalue weighted by Gasteiger charge is 2.25. The van der Waals surface area contributed by atoms with Crippen molar-refractivity contribution in [2.24, 2.45) is 0 Å². The molecule has 0 spiro atoms. The van der Waals surface area contributed by atoms with Crippen LogP contribution in [0.3, 0.4) is 0 Å². The lowest BCUT2D eigenvalue weighted by Crippen LogP contribution is -2.42. The summed E-state index contributed by atoms with van der Waals surface area (Å²) in [5, 5.41) is 21.0. The lowest BCUT2D eigenvalue weighted by molar-refractivity contribution is -0.141. The van der Waals surface area contributed by atoms with Gasteiger partial charge in [-0.2, -0.15) is 0 Å². The van der Waals surface area contributed by atoms with Crippen LogP contribution in [0.5, 0.6) is 0 Å². The summed E-state index contributed by atoms with van der Waals surface area (Å²) in [5.74, 6) is -1.42. The van der Waals surface area contributed by atoms with Crippen molar-refractivity contribution in [3.05, 3.63) is 34.9 Å². The fourth-order valence-electron chi connectivity index (χ4n) is 1.75. The van der Waals surface area contributed by atoms with Gasteiger partial charge in [0, 0.05) is 12.1 Å². The van der Waals surface area contributed by atoms with Crippen molar-refractivity contribution in [2.45, 2.75) is 32.8 Å². The number of carbonyl (C=O) groups excluding carboxylic acids is 1.